The third-order valence-electron chi connectivity index (χ3n) is 6.74. The maximum atomic E-state index is 5.83. The monoisotopic (exact) mass is 352 g/mol. The molecule has 0 saturated heterocycles. The first-order valence-corrected chi connectivity index (χ1v) is 9.46. The van der Waals surface area contributed by atoms with Crippen molar-refractivity contribution in [3.8, 4) is 23.0 Å². The number of quaternary nitrogens is 1. The molecule has 5 heteroatoms. The van der Waals surface area contributed by atoms with Crippen molar-refractivity contribution in [1.29, 1.82) is 0 Å². The van der Waals surface area contributed by atoms with Gasteiger partial charge in [-0.2, -0.15) is 0 Å². The van der Waals surface area contributed by atoms with E-state index in [1.54, 1.807) is 0 Å². The molecule has 0 aliphatic carbocycles. The molecule has 5 nitrogen and oxygen atoms in total. The molecule has 0 fully saturated rings. The Balaban J connectivity index is 1.50. The summed E-state index contributed by atoms with van der Waals surface area (Å²) in [6.45, 7) is 6.27. The molecule has 2 aromatic rings. The molecule has 0 amide bonds. The normalized spacial score (nSPS) is 26.9. The Hall–Kier alpha value is -2.40. The molecule has 4 heterocycles. The van der Waals surface area contributed by atoms with Crippen LogP contribution in [0.5, 0.6) is 23.0 Å². The van der Waals surface area contributed by atoms with Gasteiger partial charge < -0.3 is 23.4 Å². The SMILES string of the molecule is CC[N+]12CCc3cc4c(cc3C1Cc1ccc3c(c1C2)OCO3)OCO4. The van der Waals surface area contributed by atoms with Gasteiger partial charge in [0.2, 0.25) is 13.6 Å². The van der Waals surface area contributed by atoms with E-state index in [2.05, 4.69) is 31.2 Å². The molecule has 0 saturated carbocycles. The molecule has 0 bridgehead atoms. The minimum atomic E-state index is 0.336. The summed E-state index contributed by atoms with van der Waals surface area (Å²) in [7, 11) is 0. The molecule has 0 N–H and O–H groups in total. The molecule has 4 aliphatic heterocycles. The Morgan fingerprint density at radius 2 is 1.77 bits per heavy atom. The Labute approximate surface area is 152 Å². The summed E-state index contributed by atoms with van der Waals surface area (Å²) in [5.41, 5.74) is 5.60. The molecule has 2 atom stereocenters. The highest BCUT2D eigenvalue weighted by molar-refractivity contribution is 5.54. The van der Waals surface area contributed by atoms with Crippen LogP contribution in [0.4, 0.5) is 0 Å². The summed E-state index contributed by atoms with van der Waals surface area (Å²) in [6.07, 6.45) is 2.12. The number of benzene rings is 2. The molecule has 0 spiro atoms. The van der Waals surface area contributed by atoms with E-state index in [4.69, 9.17) is 18.9 Å². The van der Waals surface area contributed by atoms with Gasteiger partial charge in [0.05, 0.1) is 18.7 Å². The smallest absolute Gasteiger partial charge is 0.231 e. The van der Waals surface area contributed by atoms with Crippen LogP contribution < -0.4 is 18.9 Å². The topological polar surface area (TPSA) is 36.9 Å². The first-order valence-electron chi connectivity index (χ1n) is 9.46. The largest absolute Gasteiger partial charge is 0.454 e. The second-order valence-corrected chi connectivity index (χ2v) is 7.73. The van der Waals surface area contributed by atoms with Gasteiger partial charge in [-0.15, -0.1) is 0 Å². The summed E-state index contributed by atoms with van der Waals surface area (Å²) < 4.78 is 23.8. The molecule has 4 aliphatic rings. The first-order chi connectivity index (χ1) is 12.8. The average molecular weight is 352 g/mol. The Kier molecular flexibility index (Phi) is 2.87. The highest BCUT2D eigenvalue weighted by atomic mass is 16.7. The van der Waals surface area contributed by atoms with Crippen molar-refractivity contribution in [3.05, 3.63) is 46.5 Å². The van der Waals surface area contributed by atoms with Crippen molar-refractivity contribution < 1.29 is 23.4 Å². The van der Waals surface area contributed by atoms with E-state index in [0.29, 0.717) is 19.6 Å². The molecular formula is C21H22NO4+. The number of rotatable bonds is 1. The second-order valence-electron chi connectivity index (χ2n) is 7.73. The minimum Gasteiger partial charge on any atom is -0.454 e. The Bertz CT molecular complexity index is 925. The van der Waals surface area contributed by atoms with Crippen molar-refractivity contribution in [3.63, 3.8) is 0 Å². The Morgan fingerprint density at radius 1 is 0.962 bits per heavy atom. The van der Waals surface area contributed by atoms with Crippen LogP contribution in [0.1, 0.15) is 35.2 Å². The second kappa shape index (κ2) is 5.07. The fourth-order valence-corrected chi connectivity index (χ4v) is 5.26. The molecule has 134 valence electrons. The minimum absolute atomic E-state index is 0.336. The van der Waals surface area contributed by atoms with Crippen LogP contribution in [0, 0.1) is 0 Å². The average Bonchev–Trinajstić information content (AvgIpc) is 3.33. The van der Waals surface area contributed by atoms with Gasteiger partial charge in [-0.25, -0.2) is 0 Å². The summed E-state index contributed by atoms with van der Waals surface area (Å²) >= 11 is 0. The van der Waals surface area contributed by atoms with Crippen LogP contribution in [0.2, 0.25) is 0 Å². The van der Waals surface area contributed by atoms with Gasteiger partial charge in [-0.1, -0.05) is 6.07 Å². The zero-order valence-corrected chi connectivity index (χ0v) is 14.9. The van der Waals surface area contributed by atoms with Crippen molar-refractivity contribution in [2.24, 2.45) is 0 Å². The fraction of sp³-hybridized carbons (Fsp3) is 0.429. The number of ether oxygens (including phenoxy) is 4. The lowest BCUT2D eigenvalue weighted by atomic mass is 9.81. The molecule has 0 radical (unpaired) electrons. The van der Waals surface area contributed by atoms with Crippen LogP contribution in [0.15, 0.2) is 24.3 Å². The maximum Gasteiger partial charge on any atom is 0.231 e. The van der Waals surface area contributed by atoms with Crippen LogP contribution in [0.3, 0.4) is 0 Å². The van der Waals surface area contributed by atoms with E-state index >= 15 is 0 Å². The highest BCUT2D eigenvalue weighted by Crippen LogP contribution is 2.50. The van der Waals surface area contributed by atoms with Gasteiger partial charge in [0.15, 0.2) is 23.0 Å². The summed E-state index contributed by atoms with van der Waals surface area (Å²) in [6, 6.07) is 9.20. The highest BCUT2D eigenvalue weighted by Gasteiger charge is 2.47. The zero-order valence-electron chi connectivity index (χ0n) is 14.9. The molecule has 6 rings (SSSR count). The fourth-order valence-electron chi connectivity index (χ4n) is 5.26. The van der Waals surface area contributed by atoms with E-state index in [9.17, 15) is 0 Å². The third-order valence-corrected chi connectivity index (χ3v) is 6.74. The number of likely N-dealkylation sites (N-methyl/N-ethyl adjacent to an activating group) is 1. The van der Waals surface area contributed by atoms with Crippen LogP contribution in [-0.4, -0.2) is 31.2 Å². The molecule has 0 aromatic heterocycles. The number of nitrogens with zero attached hydrogens (tertiary/aromatic N) is 1. The van der Waals surface area contributed by atoms with E-state index in [1.807, 2.05) is 0 Å². The predicted molar refractivity (Wildman–Crippen MR) is 94.7 cm³/mol. The molecule has 2 unspecified atom stereocenters. The van der Waals surface area contributed by atoms with Crippen LogP contribution in [-0.2, 0) is 19.4 Å². The lowest BCUT2D eigenvalue weighted by Gasteiger charge is -2.51. The van der Waals surface area contributed by atoms with Gasteiger partial charge in [0.1, 0.15) is 12.6 Å². The molecular weight excluding hydrogens is 330 g/mol. The van der Waals surface area contributed by atoms with Crippen LogP contribution in [0.25, 0.3) is 0 Å². The number of hydrogen-bond donors (Lipinski definition) is 0. The van der Waals surface area contributed by atoms with E-state index in [-0.39, 0.29) is 0 Å². The first kappa shape index (κ1) is 14.7. The van der Waals surface area contributed by atoms with Gasteiger partial charge in [-0.3, -0.25) is 0 Å². The lowest BCUT2D eigenvalue weighted by Crippen LogP contribution is -2.56. The van der Waals surface area contributed by atoms with Gasteiger partial charge >= 0.3 is 0 Å². The van der Waals surface area contributed by atoms with Crippen LogP contribution >= 0.6 is 0 Å². The van der Waals surface area contributed by atoms with E-state index in [1.165, 1.54) is 22.3 Å². The van der Waals surface area contributed by atoms with Crippen molar-refractivity contribution in [2.75, 3.05) is 26.7 Å². The van der Waals surface area contributed by atoms with Gasteiger partial charge in [0.25, 0.3) is 0 Å². The Morgan fingerprint density at radius 3 is 2.65 bits per heavy atom. The van der Waals surface area contributed by atoms with Gasteiger partial charge in [-0.05, 0) is 36.2 Å². The third kappa shape index (κ3) is 1.84. The van der Waals surface area contributed by atoms with Gasteiger partial charge in [0, 0.05) is 18.4 Å². The van der Waals surface area contributed by atoms with E-state index in [0.717, 1.165) is 60.0 Å². The number of hydrogen-bond acceptors (Lipinski definition) is 4. The molecule has 2 aromatic carbocycles. The zero-order chi connectivity index (χ0) is 17.3. The quantitative estimate of drug-likeness (QED) is 0.738. The summed E-state index contributed by atoms with van der Waals surface area (Å²) in [4.78, 5) is 0. The molecule has 26 heavy (non-hydrogen) atoms. The standard InChI is InChI=1S/C21H22NO4/c1-2-22-6-5-14-8-19-20(25-11-24-19)9-15(14)17(22)7-13-3-4-18-21(16(13)10-22)26-12-23-18/h3-4,8-9,17H,2,5-7,10-12H2,1H3/q+1. The summed E-state index contributed by atoms with van der Waals surface area (Å²) in [5, 5.41) is 0. The van der Waals surface area contributed by atoms with Crippen molar-refractivity contribution in [2.45, 2.75) is 32.4 Å². The lowest BCUT2D eigenvalue weighted by molar-refractivity contribution is -0.972. The maximum absolute atomic E-state index is 5.83. The van der Waals surface area contributed by atoms with Crippen molar-refractivity contribution in [1.82, 2.24) is 0 Å². The predicted octanol–water partition coefficient (Wildman–Crippen LogP) is 3.33. The number of fused-ring (bicyclic) bond motifs is 7. The van der Waals surface area contributed by atoms with E-state index < -0.39 is 0 Å². The summed E-state index contributed by atoms with van der Waals surface area (Å²) in [5.74, 6) is 3.68. The van der Waals surface area contributed by atoms with Crippen molar-refractivity contribution >= 4 is 0 Å².